The number of guanidine groups is 1. The minimum absolute atomic E-state index is 0. The van der Waals surface area contributed by atoms with Crippen LogP contribution in [-0.2, 0) is 24.2 Å². The summed E-state index contributed by atoms with van der Waals surface area (Å²) < 4.78 is 5.38. The standard InChI is InChI=1S/C18H31N5O2.HI/c1-4-15-14(16(5-2)25-23-15)12-22-18(19-3)21-11-7-10-20-17(24)13-8-6-9-13;/h13H,4-12H2,1-3H3,(H,20,24)(H2,19,21,22);1H. The van der Waals surface area contributed by atoms with E-state index in [2.05, 4.69) is 39.9 Å². The smallest absolute Gasteiger partial charge is 0.223 e. The fourth-order valence-corrected chi connectivity index (χ4v) is 2.85. The summed E-state index contributed by atoms with van der Waals surface area (Å²) in [6.07, 6.45) is 5.83. The summed E-state index contributed by atoms with van der Waals surface area (Å²) in [6, 6.07) is 0. The predicted molar refractivity (Wildman–Crippen MR) is 114 cm³/mol. The lowest BCUT2D eigenvalue weighted by Crippen LogP contribution is -2.39. The van der Waals surface area contributed by atoms with Crippen LogP contribution in [0.1, 0.15) is 56.5 Å². The van der Waals surface area contributed by atoms with E-state index in [1.54, 1.807) is 7.05 Å². The van der Waals surface area contributed by atoms with Gasteiger partial charge in [0.1, 0.15) is 5.76 Å². The number of aromatic nitrogens is 1. The van der Waals surface area contributed by atoms with Gasteiger partial charge in [-0.25, -0.2) is 0 Å². The molecule has 1 aromatic rings. The molecule has 0 unspecified atom stereocenters. The first-order valence-electron chi connectivity index (χ1n) is 9.38. The summed E-state index contributed by atoms with van der Waals surface area (Å²) in [4.78, 5) is 16.0. The molecule has 1 heterocycles. The number of aliphatic imine (C=N–C) groups is 1. The van der Waals surface area contributed by atoms with Crippen molar-refractivity contribution in [1.82, 2.24) is 21.1 Å². The number of hydrogen-bond donors (Lipinski definition) is 3. The minimum atomic E-state index is 0. The third-order valence-electron chi connectivity index (χ3n) is 4.68. The van der Waals surface area contributed by atoms with Crippen LogP contribution in [0.15, 0.2) is 9.52 Å². The van der Waals surface area contributed by atoms with Crippen molar-refractivity contribution in [3.05, 3.63) is 17.0 Å². The van der Waals surface area contributed by atoms with Crippen LogP contribution in [0.2, 0.25) is 0 Å². The summed E-state index contributed by atoms with van der Waals surface area (Å²) in [5.41, 5.74) is 2.12. The quantitative estimate of drug-likeness (QED) is 0.220. The van der Waals surface area contributed by atoms with Crippen LogP contribution >= 0.6 is 24.0 Å². The van der Waals surface area contributed by atoms with Gasteiger partial charge in [-0.2, -0.15) is 0 Å². The van der Waals surface area contributed by atoms with Crippen molar-refractivity contribution in [3.8, 4) is 0 Å². The number of carbonyl (C=O) groups is 1. The zero-order chi connectivity index (χ0) is 18.1. The Hall–Kier alpha value is -1.32. The van der Waals surface area contributed by atoms with E-state index in [0.717, 1.165) is 61.6 Å². The maximum Gasteiger partial charge on any atom is 0.223 e. The van der Waals surface area contributed by atoms with Gasteiger partial charge in [0.15, 0.2) is 5.96 Å². The number of nitrogens with one attached hydrogen (secondary N) is 3. The van der Waals surface area contributed by atoms with Crippen molar-refractivity contribution in [1.29, 1.82) is 0 Å². The first-order valence-corrected chi connectivity index (χ1v) is 9.38. The number of hydrogen-bond acceptors (Lipinski definition) is 4. The molecule has 0 aliphatic heterocycles. The average molecular weight is 477 g/mol. The van der Waals surface area contributed by atoms with Crippen molar-refractivity contribution in [2.75, 3.05) is 20.1 Å². The van der Waals surface area contributed by atoms with Crippen LogP contribution in [0.3, 0.4) is 0 Å². The Morgan fingerprint density at radius 1 is 1.19 bits per heavy atom. The highest BCUT2D eigenvalue weighted by Gasteiger charge is 2.24. The summed E-state index contributed by atoms with van der Waals surface area (Å²) in [7, 11) is 1.75. The second-order valence-electron chi connectivity index (χ2n) is 6.36. The number of aryl methyl sites for hydroxylation is 2. The Balaban J connectivity index is 0.00000338. The molecule has 0 bridgehead atoms. The molecule has 2 rings (SSSR count). The third kappa shape index (κ3) is 6.44. The van der Waals surface area contributed by atoms with Crippen molar-refractivity contribution < 1.29 is 9.32 Å². The van der Waals surface area contributed by atoms with Crippen LogP contribution in [0, 0.1) is 5.92 Å². The van der Waals surface area contributed by atoms with E-state index in [4.69, 9.17) is 4.52 Å². The molecule has 8 heteroatoms. The van der Waals surface area contributed by atoms with Crippen LogP contribution in [0.4, 0.5) is 0 Å². The number of halogens is 1. The Kier molecular flexibility index (Phi) is 10.6. The molecule has 0 aromatic carbocycles. The van der Waals surface area contributed by atoms with Crippen LogP contribution in [0.5, 0.6) is 0 Å². The molecule has 0 spiro atoms. The first-order chi connectivity index (χ1) is 12.2. The van der Waals surface area contributed by atoms with Gasteiger partial charge in [-0.3, -0.25) is 9.79 Å². The number of amides is 1. The third-order valence-corrected chi connectivity index (χ3v) is 4.68. The molecule has 1 aliphatic carbocycles. The molecule has 148 valence electrons. The van der Waals surface area contributed by atoms with Gasteiger partial charge in [-0.05, 0) is 25.7 Å². The van der Waals surface area contributed by atoms with Gasteiger partial charge in [0.2, 0.25) is 5.91 Å². The monoisotopic (exact) mass is 477 g/mol. The zero-order valence-corrected chi connectivity index (χ0v) is 18.4. The zero-order valence-electron chi connectivity index (χ0n) is 16.1. The van der Waals surface area contributed by atoms with Crippen molar-refractivity contribution >= 4 is 35.8 Å². The van der Waals surface area contributed by atoms with Crippen LogP contribution < -0.4 is 16.0 Å². The molecule has 1 aromatic heterocycles. The molecular formula is C18H32IN5O2. The van der Waals surface area contributed by atoms with Crippen LogP contribution in [0.25, 0.3) is 0 Å². The lowest BCUT2D eigenvalue weighted by atomic mass is 9.85. The summed E-state index contributed by atoms with van der Waals surface area (Å²) in [5, 5.41) is 13.7. The highest BCUT2D eigenvalue weighted by Crippen LogP contribution is 2.26. The number of carbonyl (C=O) groups excluding carboxylic acids is 1. The highest BCUT2D eigenvalue weighted by molar-refractivity contribution is 14.0. The highest BCUT2D eigenvalue weighted by atomic mass is 127. The van der Waals surface area contributed by atoms with Crippen molar-refractivity contribution in [2.45, 2.75) is 58.9 Å². The molecular weight excluding hydrogens is 445 g/mol. The first kappa shape index (κ1) is 22.7. The Labute approximate surface area is 173 Å². The van der Waals surface area contributed by atoms with Crippen molar-refractivity contribution in [3.63, 3.8) is 0 Å². The van der Waals surface area contributed by atoms with E-state index in [-0.39, 0.29) is 35.8 Å². The lowest BCUT2D eigenvalue weighted by Gasteiger charge is -2.24. The lowest BCUT2D eigenvalue weighted by molar-refractivity contribution is -0.127. The van der Waals surface area contributed by atoms with Gasteiger partial charge < -0.3 is 20.5 Å². The van der Waals surface area contributed by atoms with Crippen LogP contribution in [-0.4, -0.2) is 37.2 Å². The number of rotatable bonds is 9. The SMILES string of the molecule is CCc1noc(CC)c1CNC(=NC)NCCCNC(=O)C1CCC1.I. The van der Waals surface area contributed by atoms with Gasteiger partial charge in [0, 0.05) is 44.6 Å². The molecule has 1 saturated carbocycles. The van der Waals surface area contributed by atoms with Gasteiger partial charge in [-0.1, -0.05) is 25.4 Å². The summed E-state index contributed by atoms with van der Waals surface area (Å²) >= 11 is 0. The van der Waals surface area contributed by atoms with E-state index in [1.807, 2.05) is 0 Å². The minimum Gasteiger partial charge on any atom is -0.361 e. The molecule has 0 radical (unpaired) electrons. The molecule has 26 heavy (non-hydrogen) atoms. The van der Waals surface area contributed by atoms with E-state index in [0.29, 0.717) is 13.1 Å². The second kappa shape index (κ2) is 12.1. The maximum atomic E-state index is 11.8. The predicted octanol–water partition coefficient (Wildman–Crippen LogP) is 2.39. The fraction of sp³-hybridized carbons (Fsp3) is 0.722. The van der Waals surface area contributed by atoms with Gasteiger partial charge >= 0.3 is 0 Å². The average Bonchev–Trinajstić information content (AvgIpc) is 2.97. The number of nitrogens with zero attached hydrogens (tertiary/aromatic N) is 2. The van der Waals surface area contributed by atoms with Crippen molar-refractivity contribution in [2.24, 2.45) is 10.9 Å². The van der Waals surface area contributed by atoms with E-state index < -0.39 is 0 Å². The van der Waals surface area contributed by atoms with E-state index in [9.17, 15) is 4.79 Å². The fourth-order valence-electron chi connectivity index (χ4n) is 2.85. The summed E-state index contributed by atoms with van der Waals surface area (Å²) in [5.74, 6) is 2.14. The molecule has 3 N–H and O–H groups in total. The Morgan fingerprint density at radius 3 is 2.50 bits per heavy atom. The second-order valence-corrected chi connectivity index (χ2v) is 6.36. The van der Waals surface area contributed by atoms with Gasteiger partial charge in [-0.15, -0.1) is 24.0 Å². The molecule has 7 nitrogen and oxygen atoms in total. The molecule has 1 aliphatic rings. The molecule has 1 fully saturated rings. The summed E-state index contributed by atoms with van der Waals surface area (Å²) in [6.45, 7) is 6.24. The normalized spacial score (nSPS) is 14.3. The molecule has 0 atom stereocenters. The molecule has 1 amide bonds. The van der Waals surface area contributed by atoms with E-state index >= 15 is 0 Å². The topological polar surface area (TPSA) is 91.6 Å². The maximum absolute atomic E-state index is 11.8. The van der Waals surface area contributed by atoms with Gasteiger partial charge in [0.05, 0.1) is 5.69 Å². The largest absolute Gasteiger partial charge is 0.361 e. The Bertz CT molecular complexity index is 563. The Morgan fingerprint density at radius 2 is 1.92 bits per heavy atom. The molecule has 0 saturated heterocycles. The van der Waals surface area contributed by atoms with E-state index in [1.165, 1.54) is 6.42 Å². The van der Waals surface area contributed by atoms with Gasteiger partial charge in [0.25, 0.3) is 0 Å².